The van der Waals surface area contributed by atoms with Crippen LogP contribution in [-0.2, 0) is 6.54 Å². The van der Waals surface area contributed by atoms with Crippen LogP contribution in [0.15, 0.2) is 29.1 Å². The lowest BCUT2D eigenvalue weighted by molar-refractivity contribution is 0.492. The van der Waals surface area contributed by atoms with E-state index in [4.69, 9.17) is 10.2 Å². The summed E-state index contributed by atoms with van der Waals surface area (Å²) in [7, 11) is 0. The smallest absolute Gasteiger partial charge is 0.200 e. The number of aromatic nitrogens is 2. The van der Waals surface area contributed by atoms with E-state index in [9.17, 15) is 0 Å². The molecule has 13 heavy (non-hydrogen) atoms. The minimum Gasteiger partial charge on any atom is -0.467 e. The Bertz CT molecular complexity index is 364. The second-order valence-electron chi connectivity index (χ2n) is 2.94. The molecule has 4 nitrogen and oxygen atoms in total. The summed E-state index contributed by atoms with van der Waals surface area (Å²) in [5, 5.41) is 0. The van der Waals surface area contributed by atoms with E-state index in [0.717, 1.165) is 11.3 Å². The highest BCUT2D eigenvalue weighted by molar-refractivity contribution is 5.21. The molecule has 2 heterocycles. The average molecular weight is 177 g/mol. The van der Waals surface area contributed by atoms with Crippen LogP contribution in [0.1, 0.15) is 11.3 Å². The van der Waals surface area contributed by atoms with E-state index in [2.05, 4.69) is 4.98 Å². The Morgan fingerprint density at radius 2 is 2.46 bits per heavy atom. The van der Waals surface area contributed by atoms with Crippen LogP contribution in [0.2, 0.25) is 0 Å². The Hall–Kier alpha value is -1.71. The van der Waals surface area contributed by atoms with Crippen molar-refractivity contribution in [3.63, 3.8) is 0 Å². The van der Waals surface area contributed by atoms with Gasteiger partial charge in [-0.2, -0.15) is 0 Å². The average Bonchev–Trinajstić information content (AvgIpc) is 2.65. The van der Waals surface area contributed by atoms with Crippen LogP contribution in [0.5, 0.6) is 0 Å². The number of rotatable bonds is 2. The van der Waals surface area contributed by atoms with Gasteiger partial charge in [-0.1, -0.05) is 0 Å². The topological polar surface area (TPSA) is 57.0 Å². The third-order valence-electron chi connectivity index (χ3n) is 2.03. The van der Waals surface area contributed by atoms with Crippen molar-refractivity contribution < 1.29 is 4.42 Å². The van der Waals surface area contributed by atoms with E-state index in [-0.39, 0.29) is 0 Å². The van der Waals surface area contributed by atoms with Crippen molar-refractivity contribution in [3.05, 3.63) is 36.0 Å². The predicted octanol–water partition coefficient (Wildman–Crippen LogP) is 1.42. The van der Waals surface area contributed by atoms with Gasteiger partial charge in [0.2, 0.25) is 5.95 Å². The minimum atomic E-state index is 0.510. The molecule has 4 heteroatoms. The predicted molar refractivity (Wildman–Crippen MR) is 49.2 cm³/mol. The lowest BCUT2D eigenvalue weighted by atomic mass is 10.3. The van der Waals surface area contributed by atoms with E-state index in [1.165, 1.54) is 0 Å². The van der Waals surface area contributed by atoms with E-state index in [1.807, 2.05) is 23.8 Å². The second-order valence-corrected chi connectivity index (χ2v) is 2.94. The SMILES string of the molecule is Cc1ccoc1Cn1ccnc1N. The number of nitrogen functional groups attached to an aromatic ring is 1. The molecule has 0 fully saturated rings. The fourth-order valence-electron chi connectivity index (χ4n) is 1.20. The van der Waals surface area contributed by atoms with Gasteiger partial charge in [0.25, 0.3) is 0 Å². The number of nitrogens with two attached hydrogens (primary N) is 1. The molecule has 0 atom stereocenters. The molecule has 0 saturated carbocycles. The van der Waals surface area contributed by atoms with Crippen LogP contribution in [0.4, 0.5) is 5.95 Å². The van der Waals surface area contributed by atoms with Crippen molar-refractivity contribution in [2.24, 2.45) is 0 Å². The van der Waals surface area contributed by atoms with Gasteiger partial charge in [0.15, 0.2) is 0 Å². The first-order valence-electron chi connectivity index (χ1n) is 4.07. The number of nitrogens with zero attached hydrogens (tertiary/aromatic N) is 2. The van der Waals surface area contributed by atoms with Gasteiger partial charge in [-0.05, 0) is 18.6 Å². The van der Waals surface area contributed by atoms with Gasteiger partial charge in [0.1, 0.15) is 5.76 Å². The minimum absolute atomic E-state index is 0.510. The molecule has 0 aliphatic heterocycles. The Morgan fingerprint density at radius 1 is 1.62 bits per heavy atom. The molecular formula is C9H11N3O. The first-order chi connectivity index (χ1) is 6.27. The maximum Gasteiger partial charge on any atom is 0.200 e. The fourth-order valence-corrected chi connectivity index (χ4v) is 1.20. The van der Waals surface area contributed by atoms with Crippen LogP contribution in [0.3, 0.4) is 0 Å². The molecule has 0 bridgehead atoms. The zero-order chi connectivity index (χ0) is 9.26. The molecule has 0 spiro atoms. The maximum absolute atomic E-state index is 5.62. The van der Waals surface area contributed by atoms with Crippen LogP contribution in [0.25, 0.3) is 0 Å². The van der Waals surface area contributed by atoms with Crippen LogP contribution in [0, 0.1) is 6.92 Å². The molecular weight excluding hydrogens is 166 g/mol. The van der Waals surface area contributed by atoms with Gasteiger partial charge in [-0.25, -0.2) is 4.98 Å². The van der Waals surface area contributed by atoms with Gasteiger partial charge < -0.3 is 14.7 Å². The Kier molecular flexibility index (Phi) is 1.81. The first kappa shape index (κ1) is 7.91. The van der Waals surface area contributed by atoms with Crippen molar-refractivity contribution in [3.8, 4) is 0 Å². The standard InChI is InChI=1S/C9H11N3O/c1-7-2-5-13-8(7)6-12-4-3-11-9(12)10/h2-5H,6H2,1H3,(H2,10,11). The number of aryl methyl sites for hydroxylation is 1. The van der Waals surface area contributed by atoms with Gasteiger partial charge in [0, 0.05) is 12.4 Å². The molecule has 0 amide bonds. The molecule has 2 rings (SSSR count). The van der Waals surface area contributed by atoms with Gasteiger partial charge in [0.05, 0.1) is 12.8 Å². The molecule has 0 aliphatic carbocycles. The molecule has 0 aliphatic rings. The highest BCUT2D eigenvalue weighted by Gasteiger charge is 2.04. The Labute approximate surface area is 76.0 Å². The summed E-state index contributed by atoms with van der Waals surface area (Å²) >= 11 is 0. The van der Waals surface area contributed by atoms with E-state index >= 15 is 0 Å². The van der Waals surface area contributed by atoms with E-state index < -0.39 is 0 Å². The van der Waals surface area contributed by atoms with Crippen LogP contribution in [-0.4, -0.2) is 9.55 Å². The number of imidazole rings is 1. The molecule has 68 valence electrons. The van der Waals surface area contributed by atoms with Gasteiger partial charge >= 0.3 is 0 Å². The van der Waals surface area contributed by atoms with Crippen LogP contribution >= 0.6 is 0 Å². The number of furan rings is 1. The van der Waals surface area contributed by atoms with Crippen molar-refractivity contribution in [2.45, 2.75) is 13.5 Å². The summed E-state index contributed by atoms with van der Waals surface area (Å²) in [6.45, 7) is 2.65. The number of anilines is 1. The first-order valence-corrected chi connectivity index (χ1v) is 4.07. The lowest BCUT2D eigenvalue weighted by Gasteiger charge is -2.01. The van der Waals surface area contributed by atoms with Gasteiger partial charge in [-0.15, -0.1) is 0 Å². The third-order valence-corrected chi connectivity index (χ3v) is 2.03. The zero-order valence-electron chi connectivity index (χ0n) is 7.40. The van der Waals surface area contributed by atoms with Gasteiger partial charge in [-0.3, -0.25) is 0 Å². The quantitative estimate of drug-likeness (QED) is 0.754. The summed E-state index contributed by atoms with van der Waals surface area (Å²) in [5.41, 5.74) is 6.75. The summed E-state index contributed by atoms with van der Waals surface area (Å²) in [6.07, 6.45) is 5.18. The number of hydrogen-bond acceptors (Lipinski definition) is 3. The molecule has 0 saturated heterocycles. The van der Waals surface area contributed by atoms with Crippen molar-refractivity contribution in [1.29, 1.82) is 0 Å². The molecule has 2 N–H and O–H groups in total. The summed E-state index contributed by atoms with van der Waals surface area (Å²) in [6, 6.07) is 1.93. The summed E-state index contributed by atoms with van der Waals surface area (Å²) in [5.74, 6) is 1.43. The second kappa shape index (κ2) is 2.97. The summed E-state index contributed by atoms with van der Waals surface area (Å²) < 4.78 is 7.13. The van der Waals surface area contributed by atoms with E-state index in [1.54, 1.807) is 12.5 Å². The normalized spacial score (nSPS) is 10.5. The Morgan fingerprint density at radius 3 is 3.00 bits per heavy atom. The maximum atomic E-state index is 5.62. The Balaban J connectivity index is 2.24. The number of hydrogen-bond donors (Lipinski definition) is 1. The lowest BCUT2D eigenvalue weighted by Crippen LogP contribution is -2.03. The molecule has 2 aromatic heterocycles. The van der Waals surface area contributed by atoms with Crippen LogP contribution < -0.4 is 5.73 Å². The molecule has 0 unspecified atom stereocenters. The zero-order valence-corrected chi connectivity index (χ0v) is 7.40. The van der Waals surface area contributed by atoms with Crippen molar-refractivity contribution >= 4 is 5.95 Å². The third kappa shape index (κ3) is 1.42. The highest BCUT2D eigenvalue weighted by atomic mass is 16.3. The molecule has 0 aromatic carbocycles. The summed E-state index contributed by atoms with van der Waals surface area (Å²) in [4.78, 5) is 3.93. The molecule has 2 aromatic rings. The largest absolute Gasteiger partial charge is 0.467 e. The fraction of sp³-hybridized carbons (Fsp3) is 0.222. The van der Waals surface area contributed by atoms with E-state index in [0.29, 0.717) is 12.5 Å². The van der Waals surface area contributed by atoms with Crippen molar-refractivity contribution in [1.82, 2.24) is 9.55 Å². The monoisotopic (exact) mass is 177 g/mol. The highest BCUT2D eigenvalue weighted by Crippen LogP contribution is 2.12. The van der Waals surface area contributed by atoms with Crippen molar-refractivity contribution in [2.75, 3.05) is 5.73 Å². The molecule has 0 radical (unpaired) electrons.